The number of carbonyl (C=O) groups is 2. The first-order valence-corrected chi connectivity index (χ1v) is 10.6. The van der Waals surface area contributed by atoms with E-state index in [0.717, 1.165) is 11.1 Å². The van der Waals surface area contributed by atoms with Gasteiger partial charge >= 0.3 is 0 Å². The first-order chi connectivity index (χ1) is 14.9. The van der Waals surface area contributed by atoms with E-state index in [0.29, 0.717) is 43.6 Å². The summed E-state index contributed by atoms with van der Waals surface area (Å²) in [4.78, 5) is 26.7. The number of hydrogen-bond acceptors (Lipinski definition) is 4. The third-order valence-corrected chi connectivity index (χ3v) is 6.13. The van der Waals surface area contributed by atoms with Crippen molar-refractivity contribution in [3.63, 3.8) is 0 Å². The fourth-order valence-corrected chi connectivity index (χ4v) is 4.27. The molecule has 2 amide bonds. The van der Waals surface area contributed by atoms with Crippen LogP contribution in [0.2, 0.25) is 0 Å². The van der Waals surface area contributed by atoms with Gasteiger partial charge in [-0.2, -0.15) is 5.10 Å². The standard InChI is InChI=1S/C24H27FN4O2/c1-16-5-7-17(8-6-16)22-14-21(19-3-2-4-20(25)13-19)27-29(22)23(30)15-28-11-9-18(10-12-28)24(26)31/h2-8,13,18,22H,9-12,14-15H2,1H3,(H2,26,31). The number of nitrogens with two attached hydrogens (primary N) is 1. The van der Waals surface area contributed by atoms with Crippen molar-refractivity contribution < 1.29 is 14.0 Å². The Kier molecular flexibility index (Phi) is 6.13. The van der Waals surface area contributed by atoms with Crippen LogP contribution in [-0.4, -0.2) is 47.1 Å². The zero-order valence-electron chi connectivity index (χ0n) is 17.6. The molecule has 2 aromatic carbocycles. The number of piperidine rings is 1. The summed E-state index contributed by atoms with van der Waals surface area (Å²) < 4.78 is 13.8. The number of halogens is 1. The summed E-state index contributed by atoms with van der Waals surface area (Å²) in [6.45, 7) is 3.56. The summed E-state index contributed by atoms with van der Waals surface area (Å²) in [5.74, 6) is -0.811. The summed E-state index contributed by atoms with van der Waals surface area (Å²) >= 11 is 0. The summed E-state index contributed by atoms with van der Waals surface area (Å²) in [5.41, 5.74) is 8.94. The fraction of sp³-hybridized carbons (Fsp3) is 0.375. The van der Waals surface area contributed by atoms with E-state index in [4.69, 9.17) is 5.73 Å². The molecular formula is C24H27FN4O2. The zero-order valence-corrected chi connectivity index (χ0v) is 17.6. The monoisotopic (exact) mass is 422 g/mol. The molecule has 0 aliphatic carbocycles. The number of aryl methyl sites for hydroxylation is 1. The van der Waals surface area contributed by atoms with Crippen LogP contribution in [0.5, 0.6) is 0 Å². The number of carbonyl (C=O) groups excluding carboxylic acids is 2. The average molecular weight is 423 g/mol. The minimum atomic E-state index is -0.325. The third-order valence-electron chi connectivity index (χ3n) is 6.13. The van der Waals surface area contributed by atoms with Crippen LogP contribution in [-0.2, 0) is 9.59 Å². The van der Waals surface area contributed by atoms with Crippen molar-refractivity contribution in [1.82, 2.24) is 9.91 Å². The highest BCUT2D eigenvalue weighted by atomic mass is 19.1. The lowest BCUT2D eigenvalue weighted by Gasteiger charge is -2.31. The highest BCUT2D eigenvalue weighted by Gasteiger charge is 2.34. The summed E-state index contributed by atoms with van der Waals surface area (Å²) in [5, 5.41) is 6.17. The largest absolute Gasteiger partial charge is 0.369 e. The SMILES string of the molecule is Cc1ccc(C2CC(c3cccc(F)c3)=NN2C(=O)CN2CCC(C(N)=O)CC2)cc1. The lowest BCUT2D eigenvalue weighted by atomic mass is 9.96. The number of benzene rings is 2. The maximum absolute atomic E-state index is 13.8. The van der Waals surface area contributed by atoms with Crippen molar-refractivity contribution in [2.75, 3.05) is 19.6 Å². The van der Waals surface area contributed by atoms with Crippen molar-refractivity contribution in [3.8, 4) is 0 Å². The van der Waals surface area contributed by atoms with Crippen molar-refractivity contribution >= 4 is 17.5 Å². The van der Waals surface area contributed by atoms with Gasteiger partial charge in [0.05, 0.1) is 18.3 Å². The molecule has 1 unspecified atom stereocenters. The Bertz CT molecular complexity index is 997. The molecule has 0 bridgehead atoms. The van der Waals surface area contributed by atoms with Gasteiger partial charge in [0.2, 0.25) is 5.91 Å². The van der Waals surface area contributed by atoms with E-state index in [1.54, 1.807) is 11.1 Å². The lowest BCUT2D eigenvalue weighted by molar-refractivity contribution is -0.134. The second-order valence-electron chi connectivity index (χ2n) is 8.38. The number of hydrazone groups is 1. The Morgan fingerprint density at radius 1 is 1.13 bits per heavy atom. The average Bonchev–Trinajstić information content (AvgIpc) is 3.20. The zero-order chi connectivity index (χ0) is 22.0. The molecule has 31 heavy (non-hydrogen) atoms. The van der Waals surface area contributed by atoms with Crippen LogP contribution in [0.15, 0.2) is 53.6 Å². The van der Waals surface area contributed by atoms with E-state index in [-0.39, 0.29) is 36.1 Å². The minimum Gasteiger partial charge on any atom is -0.369 e. The van der Waals surface area contributed by atoms with E-state index in [1.807, 2.05) is 42.2 Å². The van der Waals surface area contributed by atoms with Gasteiger partial charge in [0.15, 0.2) is 0 Å². The van der Waals surface area contributed by atoms with Crippen molar-refractivity contribution in [2.45, 2.75) is 32.2 Å². The van der Waals surface area contributed by atoms with E-state index in [9.17, 15) is 14.0 Å². The summed E-state index contributed by atoms with van der Waals surface area (Å²) in [6.07, 6.45) is 1.87. The van der Waals surface area contributed by atoms with Crippen LogP contribution in [0.25, 0.3) is 0 Å². The molecule has 2 aliphatic rings. The maximum Gasteiger partial charge on any atom is 0.257 e. The molecule has 0 spiro atoms. The van der Waals surface area contributed by atoms with Gasteiger partial charge < -0.3 is 5.73 Å². The lowest BCUT2D eigenvalue weighted by Crippen LogP contribution is -2.44. The maximum atomic E-state index is 13.8. The topological polar surface area (TPSA) is 79.0 Å². The molecule has 2 N–H and O–H groups in total. The van der Waals surface area contributed by atoms with E-state index < -0.39 is 0 Å². The second-order valence-corrected chi connectivity index (χ2v) is 8.38. The van der Waals surface area contributed by atoms with Gasteiger partial charge in [-0.25, -0.2) is 9.40 Å². The Labute approximate surface area is 181 Å². The molecule has 2 heterocycles. The Morgan fingerprint density at radius 3 is 2.48 bits per heavy atom. The molecular weight excluding hydrogens is 395 g/mol. The normalized spacial score (nSPS) is 20.0. The molecule has 7 heteroatoms. The van der Waals surface area contributed by atoms with Crippen LogP contribution in [0.1, 0.15) is 42.0 Å². The quantitative estimate of drug-likeness (QED) is 0.805. The van der Waals surface area contributed by atoms with E-state index in [2.05, 4.69) is 5.10 Å². The van der Waals surface area contributed by atoms with E-state index >= 15 is 0 Å². The second kappa shape index (κ2) is 8.98. The van der Waals surface area contributed by atoms with Crippen molar-refractivity contribution in [2.24, 2.45) is 16.8 Å². The van der Waals surface area contributed by atoms with Gasteiger partial charge in [-0.05, 0) is 50.6 Å². The predicted octanol–water partition coefficient (Wildman–Crippen LogP) is 3.01. The molecule has 0 radical (unpaired) electrons. The molecule has 1 saturated heterocycles. The molecule has 1 atom stereocenters. The molecule has 4 rings (SSSR count). The first kappa shape index (κ1) is 21.2. The number of rotatable bonds is 5. The van der Waals surface area contributed by atoms with Crippen LogP contribution in [0, 0.1) is 18.7 Å². The van der Waals surface area contributed by atoms with E-state index in [1.165, 1.54) is 12.1 Å². The Morgan fingerprint density at radius 2 is 1.84 bits per heavy atom. The third kappa shape index (κ3) is 4.82. The smallest absolute Gasteiger partial charge is 0.257 e. The van der Waals surface area contributed by atoms with Crippen LogP contribution >= 0.6 is 0 Å². The highest BCUT2D eigenvalue weighted by molar-refractivity contribution is 6.03. The van der Waals surface area contributed by atoms with Crippen molar-refractivity contribution in [1.29, 1.82) is 0 Å². The number of nitrogens with zero attached hydrogens (tertiary/aromatic N) is 3. The summed E-state index contributed by atoms with van der Waals surface area (Å²) in [6, 6.07) is 14.2. The van der Waals surface area contributed by atoms with Crippen LogP contribution < -0.4 is 5.73 Å². The van der Waals surface area contributed by atoms with Gasteiger partial charge in [-0.3, -0.25) is 14.5 Å². The van der Waals surface area contributed by atoms with Gasteiger partial charge in [-0.15, -0.1) is 0 Å². The number of likely N-dealkylation sites (tertiary alicyclic amines) is 1. The number of amides is 2. The molecule has 6 nitrogen and oxygen atoms in total. The molecule has 0 aromatic heterocycles. The molecule has 162 valence electrons. The predicted molar refractivity (Wildman–Crippen MR) is 117 cm³/mol. The van der Waals surface area contributed by atoms with Gasteiger partial charge in [0.1, 0.15) is 5.82 Å². The molecule has 2 aromatic rings. The van der Waals surface area contributed by atoms with Gasteiger partial charge in [-0.1, -0.05) is 42.0 Å². The Hall–Kier alpha value is -3.06. The van der Waals surface area contributed by atoms with Gasteiger partial charge in [0, 0.05) is 17.9 Å². The highest BCUT2D eigenvalue weighted by Crippen LogP contribution is 2.33. The minimum absolute atomic E-state index is 0.102. The summed E-state index contributed by atoms with van der Waals surface area (Å²) in [7, 11) is 0. The number of hydrogen-bond donors (Lipinski definition) is 1. The Balaban J connectivity index is 1.54. The molecule has 0 saturated carbocycles. The van der Waals surface area contributed by atoms with Crippen molar-refractivity contribution in [3.05, 3.63) is 71.0 Å². The molecule has 2 aliphatic heterocycles. The first-order valence-electron chi connectivity index (χ1n) is 10.6. The van der Waals surface area contributed by atoms with Crippen LogP contribution in [0.3, 0.4) is 0 Å². The van der Waals surface area contributed by atoms with Crippen LogP contribution in [0.4, 0.5) is 4.39 Å². The van der Waals surface area contributed by atoms with Gasteiger partial charge in [0.25, 0.3) is 5.91 Å². The fourth-order valence-electron chi connectivity index (χ4n) is 4.27. The number of primary amides is 1. The molecule has 1 fully saturated rings.